The Labute approximate surface area is 193 Å². The summed E-state index contributed by atoms with van der Waals surface area (Å²) in [6.07, 6.45) is 3.60. The van der Waals surface area contributed by atoms with Gasteiger partial charge in [-0.15, -0.1) is 11.3 Å². The molecule has 0 saturated carbocycles. The number of halogens is 1. The highest BCUT2D eigenvalue weighted by Gasteiger charge is 2.26. The van der Waals surface area contributed by atoms with Crippen LogP contribution in [0.3, 0.4) is 0 Å². The Hall–Kier alpha value is -3.21. The maximum atomic E-state index is 13.8. The molecule has 0 aliphatic carbocycles. The summed E-state index contributed by atoms with van der Waals surface area (Å²) in [6.45, 7) is -0.0215. The van der Waals surface area contributed by atoms with Crippen LogP contribution in [0.1, 0.15) is 29.0 Å². The molecule has 1 aromatic carbocycles. The van der Waals surface area contributed by atoms with Crippen LogP contribution < -0.4 is 11.1 Å². The monoisotopic (exact) mass is 466 g/mol. The van der Waals surface area contributed by atoms with E-state index in [-0.39, 0.29) is 18.6 Å². The normalized spacial score (nSPS) is 21.1. The second kappa shape index (κ2) is 9.34. The lowest BCUT2D eigenvalue weighted by atomic mass is 10.0. The van der Waals surface area contributed by atoms with E-state index < -0.39 is 12.2 Å². The molecule has 1 amide bonds. The highest BCUT2D eigenvalue weighted by molar-refractivity contribution is 7.13. The number of carbonyl (C=O) groups excluding carboxylic acids is 1. The van der Waals surface area contributed by atoms with Gasteiger partial charge < -0.3 is 15.8 Å². The number of H-pyrrole nitrogens is 1. The van der Waals surface area contributed by atoms with Crippen molar-refractivity contribution in [3.05, 3.63) is 59.5 Å². The van der Waals surface area contributed by atoms with Gasteiger partial charge in [-0.2, -0.15) is 5.10 Å². The number of benzene rings is 1. The number of rotatable bonds is 5. The van der Waals surface area contributed by atoms with E-state index in [2.05, 4.69) is 25.5 Å². The van der Waals surface area contributed by atoms with Gasteiger partial charge in [-0.25, -0.2) is 9.37 Å². The third-order valence-corrected chi connectivity index (χ3v) is 6.65. The molecule has 8 nitrogen and oxygen atoms in total. The highest BCUT2D eigenvalue weighted by Crippen LogP contribution is 2.30. The number of hydrogen-bond donors (Lipinski definition) is 3. The van der Waals surface area contributed by atoms with Crippen LogP contribution in [0.25, 0.3) is 21.5 Å². The molecule has 4 N–H and O–H groups in total. The van der Waals surface area contributed by atoms with E-state index in [9.17, 15) is 9.18 Å². The molecule has 0 unspecified atom stereocenters. The van der Waals surface area contributed by atoms with Crippen LogP contribution in [0.2, 0.25) is 0 Å². The molecule has 5 rings (SSSR count). The second-order valence-electron chi connectivity index (χ2n) is 8.05. The first-order valence-corrected chi connectivity index (χ1v) is 11.6. The summed E-state index contributed by atoms with van der Waals surface area (Å²) in [7, 11) is 0. The molecule has 1 saturated heterocycles. The molecular weight excluding hydrogens is 443 g/mol. The van der Waals surface area contributed by atoms with Crippen LogP contribution in [0.5, 0.6) is 0 Å². The summed E-state index contributed by atoms with van der Waals surface area (Å²) < 4.78 is 19.5. The molecular formula is C23H23FN6O2S. The third-order valence-electron chi connectivity index (χ3n) is 5.78. The topological polar surface area (TPSA) is 119 Å². The van der Waals surface area contributed by atoms with Crippen LogP contribution in [0.15, 0.2) is 48.1 Å². The quantitative estimate of drug-likeness (QED) is 0.412. The highest BCUT2D eigenvalue weighted by atomic mass is 32.1. The Balaban J connectivity index is 1.30. The Morgan fingerprint density at radius 2 is 2.18 bits per heavy atom. The number of aromatic nitrogens is 4. The first-order valence-electron chi connectivity index (χ1n) is 10.7. The average molecular weight is 467 g/mol. The molecule has 3 atom stereocenters. The molecule has 10 heteroatoms. The fraction of sp³-hybridized carbons (Fsp3) is 0.304. The SMILES string of the molecule is N[C@@H]1CC[C@@H](Cc2[nH]ncc2NC(=O)c2csc(-c3cccc4cccnc34)n2)OC[C@H]1F. The number of fused-ring (bicyclic) bond motifs is 1. The van der Waals surface area contributed by atoms with Gasteiger partial charge in [0.1, 0.15) is 16.9 Å². The summed E-state index contributed by atoms with van der Waals surface area (Å²) in [6, 6.07) is 9.27. The fourth-order valence-corrected chi connectivity index (χ4v) is 4.75. The molecule has 1 fully saturated rings. The van der Waals surface area contributed by atoms with Gasteiger partial charge in [-0.05, 0) is 25.0 Å². The maximum Gasteiger partial charge on any atom is 0.275 e. The van der Waals surface area contributed by atoms with Crippen molar-refractivity contribution < 1.29 is 13.9 Å². The Morgan fingerprint density at radius 3 is 3.09 bits per heavy atom. The molecule has 0 spiro atoms. The van der Waals surface area contributed by atoms with E-state index in [1.165, 1.54) is 11.3 Å². The second-order valence-corrected chi connectivity index (χ2v) is 8.91. The van der Waals surface area contributed by atoms with Gasteiger partial charge in [0.15, 0.2) is 0 Å². The number of amides is 1. The largest absolute Gasteiger partial charge is 0.375 e. The van der Waals surface area contributed by atoms with E-state index in [4.69, 9.17) is 10.5 Å². The van der Waals surface area contributed by atoms with Gasteiger partial charge in [-0.3, -0.25) is 14.9 Å². The third kappa shape index (κ3) is 4.63. The summed E-state index contributed by atoms with van der Waals surface area (Å²) in [4.78, 5) is 21.9. The lowest BCUT2D eigenvalue weighted by Gasteiger charge is -2.15. The minimum Gasteiger partial charge on any atom is -0.375 e. The molecule has 3 aromatic heterocycles. The number of alkyl halides is 1. The maximum absolute atomic E-state index is 13.8. The zero-order chi connectivity index (χ0) is 22.8. The van der Waals surface area contributed by atoms with Crippen molar-refractivity contribution in [1.82, 2.24) is 20.2 Å². The van der Waals surface area contributed by atoms with Crippen molar-refractivity contribution in [2.45, 2.75) is 37.6 Å². The van der Waals surface area contributed by atoms with Gasteiger partial charge >= 0.3 is 0 Å². The van der Waals surface area contributed by atoms with Crippen LogP contribution in [-0.2, 0) is 11.2 Å². The number of para-hydroxylation sites is 1. The number of carbonyl (C=O) groups is 1. The zero-order valence-electron chi connectivity index (χ0n) is 17.7. The molecule has 0 bridgehead atoms. The summed E-state index contributed by atoms with van der Waals surface area (Å²) in [5, 5.41) is 13.3. The van der Waals surface area contributed by atoms with Crippen LogP contribution in [-0.4, -0.2) is 51.0 Å². The lowest BCUT2D eigenvalue weighted by molar-refractivity contribution is 0.0295. The number of pyridine rings is 1. The lowest BCUT2D eigenvalue weighted by Crippen LogP contribution is -2.32. The van der Waals surface area contributed by atoms with Crippen molar-refractivity contribution >= 4 is 33.8 Å². The number of anilines is 1. The predicted molar refractivity (Wildman–Crippen MR) is 125 cm³/mol. The molecule has 33 heavy (non-hydrogen) atoms. The average Bonchev–Trinajstić information content (AvgIpc) is 3.46. The van der Waals surface area contributed by atoms with E-state index in [1.807, 2.05) is 30.3 Å². The Bertz CT molecular complexity index is 1260. The van der Waals surface area contributed by atoms with Crippen LogP contribution in [0.4, 0.5) is 10.1 Å². The van der Waals surface area contributed by atoms with E-state index in [0.717, 1.165) is 21.5 Å². The number of thiazole rings is 1. The van der Waals surface area contributed by atoms with Gasteiger partial charge in [0.05, 0.1) is 35.8 Å². The van der Waals surface area contributed by atoms with Crippen LogP contribution in [0, 0.1) is 0 Å². The zero-order valence-corrected chi connectivity index (χ0v) is 18.5. The Kier molecular flexibility index (Phi) is 6.12. The van der Waals surface area contributed by atoms with E-state index in [0.29, 0.717) is 36.3 Å². The van der Waals surface area contributed by atoms with Gasteiger partial charge in [0.25, 0.3) is 5.91 Å². The fourth-order valence-electron chi connectivity index (χ4n) is 3.92. The van der Waals surface area contributed by atoms with Gasteiger partial charge in [0.2, 0.25) is 0 Å². The van der Waals surface area contributed by atoms with Crippen LogP contribution >= 0.6 is 11.3 Å². The molecule has 0 radical (unpaired) electrons. The van der Waals surface area contributed by atoms with Gasteiger partial charge in [-0.1, -0.05) is 18.2 Å². The number of nitrogens with zero attached hydrogens (tertiary/aromatic N) is 3. The molecule has 1 aliphatic heterocycles. The molecule has 1 aliphatic rings. The molecule has 4 aromatic rings. The van der Waals surface area contributed by atoms with Crippen molar-refractivity contribution in [3.63, 3.8) is 0 Å². The van der Waals surface area contributed by atoms with Crippen molar-refractivity contribution in [3.8, 4) is 10.6 Å². The summed E-state index contributed by atoms with van der Waals surface area (Å²) in [5.74, 6) is -0.332. The number of hydrogen-bond acceptors (Lipinski definition) is 7. The number of nitrogens with two attached hydrogens (primary N) is 1. The van der Waals surface area contributed by atoms with Crippen molar-refractivity contribution in [2.75, 3.05) is 11.9 Å². The molecule has 170 valence electrons. The standard InChI is InChI=1S/C23H23FN6O2S/c24-16-11-32-14(6-7-17(16)25)9-18-19(10-27-30-18)28-22(31)20-12-33-23(29-20)15-5-1-3-13-4-2-8-26-21(13)15/h1-5,8,10,12,14,16-17H,6-7,9,11,25H2,(H,27,30)(H,28,31)/t14-,16+,17+/m0/s1. The first-order chi connectivity index (χ1) is 16.1. The van der Waals surface area contributed by atoms with Crippen molar-refractivity contribution in [1.29, 1.82) is 0 Å². The number of aromatic amines is 1. The summed E-state index contributed by atoms with van der Waals surface area (Å²) >= 11 is 1.39. The minimum atomic E-state index is -1.16. The first kappa shape index (κ1) is 21.6. The predicted octanol–water partition coefficient (Wildman–Crippen LogP) is 3.72. The van der Waals surface area contributed by atoms with E-state index in [1.54, 1.807) is 17.8 Å². The Morgan fingerprint density at radius 1 is 1.30 bits per heavy atom. The smallest absolute Gasteiger partial charge is 0.275 e. The van der Waals surface area contributed by atoms with E-state index >= 15 is 0 Å². The molecule has 4 heterocycles. The number of nitrogens with one attached hydrogen (secondary N) is 2. The van der Waals surface area contributed by atoms with Gasteiger partial charge in [0, 0.05) is 35.0 Å². The minimum absolute atomic E-state index is 0.0215. The number of ether oxygens (including phenoxy) is 1. The summed E-state index contributed by atoms with van der Waals surface area (Å²) in [5.41, 5.74) is 9.12. The van der Waals surface area contributed by atoms with Crippen molar-refractivity contribution in [2.24, 2.45) is 5.73 Å².